The molecule has 2 aromatic rings. The first-order valence-corrected chi connectivity index (χ1v) is 8.00. The van der Waals surface area contributed by atoms with Gasteiger partial charge >= 0.3 is 0 Å². The smallest absolute Gasteiger partial charge is 0.240 e. The Bertz CT molecular complexity index is 593. The van der Waals surface area contributed by atoms with E-state index in [0.717, 1.165) is 32.7 Å². The fourth-order valence-electron chi connectivity index (χ4n) is 2.46. The number of nitrogen functional groups attached to an aromatic ring is 1. The minimum absolute atomic E-state index is 0.384. The van der Waals surface area contributed by atoms with E-state index in [2.05, 4.69) is 24.9 Å². The van der Waals surface area contributed by atoms with Crippen molar-refractivity contribution in [1.29, 1.82) is 0 Å². The van der Waals surface area contributed by atoms with E-state index < -0.39 is 0 Å². The molecule has 8 nitrogen and oxygen atoms in total. The zero-order valence-corrected chi connectivity index (χ0v) is 13.4. The summed E-state index contributed by atoms with van der Waals surface area (Å²) in [5.41, 5.74) is 5.66. The second-order valence-electron chi connectivity index (χ2n) is 5.25. The first-order valence-electron chi connectivity index (χ1n) is 7.18. The minimum atomic E-state index is 0.384. The third-order valence-corrected chi connectivity index (χ3v) is 4.37. The highest BCUT2D eigenvalue weighted by Crippen LogP contribution is 2.17. The molecule has 0 bridgehead atoms. The molecule has 3 rings (SSSR count). The molecule has 3 heterocycles. The van der Waals surface area contributed by atoms with E-state index in [1.54, 1.807) is 18.4 Å². The predicted octanol–water partition coefficient (Wildman–Crippen LogP) is 0.572. The van der Waals surface area contributed by atoms with Crippen LogP contribution in [0.3, 0.4) is 0 Å². The van der Waals surface area contributed by atoms with Crippen LogP contribution in [0.25, 0.3) is 0 Å². The number of methoxy groups -OCH3 is 1. The van der Waals surface area contributed by atoms with E-state index >= 15 is 0 Å². The number of aromatic nitrogens is 3. The molecule has 0 saturated carbocycles. The van der Waals surface area contributed by atoms with E-state index in [-0.39, 0.29) is 0 Å². The van der Waals surface area contributed by atoms with Gasteiger partial charge in [0.1, 0.15) is 6.61 Å². The molecule has 22 heavy (non-hydrogen) atoms. The van der Waals surface area contributed by atoms with E-state index in [4.69, 9.17) is 15.0 Å². The highest BCUT2D eigenvalue weighted by molar-refractivity contribution is 7.15. The van der Waals surface area contributed by atoms with Crippen LogP contribution in [0.2, 0.25) is 0 Å². The van der Waals surface area contributed by atoms with Gasteiger partial charge in [-0.1, -0.05) is 5.16 Å². The number of piperazine rings is 1. The molecular formula is C13H20N6O2S. The van der Waals surface area contributed by atoms with Crippen LogP contribution in [0, 0.1) is 0 Å². The van der Waals surface area contributed by atoms with Gasteiger partial charge in [-0.25, -0.2) is 4.98 Å². The lowest BCUT2D eigenvalue weighted by Crippen LogP contribution is -2.45. The van der Waals surface area contributed by atoms with Crippen LogP contribution < -0.4 is 5.73 Å². The van der Waals surface area contributed by atoms with Gasteiger partial charge in [-0.05, 0) is 0 Å². The van der Waals surface area contributed by atoms with Crippen LogP contribution in [-0.4, -0.2) is 58.2 Å². The second kappa shape index (κ2) is 7.14. The number of hydrogen-bond donors (Lipinski definition) is 1. The monoisotopic (exact) mass is 324 g/mol. The Morgan fingerprint density at radius 1 is 1.27 bits per heavy atom. The standard InChI is InChI=1S/C13H20N6O2S/c1-20-9-11-16-12(21-17-11)8-19-4-2-18(3-5-19)7-10-6-15-13(14)22-10/h6H,2-5,7-9H2,1H3,(H2,14,15). The minimum Gasteiger partial charge on any atom is -0.377 e. The summed E-state index contributed by atoms with van der Waals surface area (Å²) in [6, 6.07) is 0. The molecule has 1 aliphatic rings. The Labute approximate surface area is 132 Å². The summed E-state index contributed by atoms with van der Waals surface area (Å²) in [6.45, 7) is 5.98. The first-order chi connectivity index (χ1) is 10.7. The number of nitrogens with two attached hydrogens (primary N) is 1. The molecule has 0 aromatic carbocycles. The fourth-order valence-corrected chi connectivity index (χ4v) is 3.18. The molecule has 0 atom stereocenters. The van der Waals surface area contributed by atoms with Gasteiger partial charge in [-0.15, -0.1) is 11.3 Å². The van der Waals surface area contributed by atoms with E-state index in [1.165, 1.54) is 4.88 Å². The number of ether oxygens (including phenoxy) is 1. The molecule has 1 fully saturated rings. The molecule has 2 N–H and O–H groups in total. The van der Waals surface area contributed by atoms with Crippen LogP contribution >= 0.6 is 11.3 Å². The highest BCUT2D eigenvalue weighted by atomic mass is 32.1. The third kappa shape index (κ3) is 4.01. The SMILES string of the molecule is COCc1noc(CN2CCN(Cc3cnc(N)s3)CC2)n1. The molecule has 0 unspecified atom stereocenters. The summed E-state index contributed by atoms with van der Waals surface area (Å²) in [5.74, 6) is 1.25. The molecular weight excluding hydrogens is 304 g/mol. The van der Waals surface area contributed by atoms with Crippen molar-refractivity contribution in [3.8, 4) is 0 Å². The molecule has 120 valence electrons. The fraction of sp³-hybridized carbons (Fsp3) is 0.615. The summed E-state index contributed by atoms with van der Waals surface area (Å²) < 4.78 is 10.2. The molecule has 9 heteroatoms. The van der Waals surface area contributed by atoms with Crippen LogP contribution in [0.15, 0.2) is 10.7 Å². The lowest BCUT2D eigenvalue weighted by molar-refractivity contribution is 0.113. The maximum Gasteiger partial charge on any atom is 0.240 e. The Balaban J connectivity index is 1.44. The average Bonchev–Trinajstić information content (AvgIpc) is 3.11. The van der Waals surface area contributed by atoms with Gasteiger partial charge in [0, 0.05) is 50.9 Å². The Hall–Kier alpha value is -1.55. The van der Waals surface area contributed by atoms with Gasteiger partial charge in [0.15, 0.2) is 11.0 Å². The van der Waals surface area contributed by atoms with Crippen molar-refractivity contribution in [1.82, 2.24) is 24.9 Å². The molecule has 1 aliphatic heterocycles. The largest absolute Gasteiger partial charge is 0.377 e. The Morgan fingerprint density at radius 3 is 2.64 bits per heavy atom. The Morgan fingerprint density at radius 2 is 2.00 bits per heavy atom. The molecule has 2 aromatic heterocycles. The summed E-state index contributed by atoms with van der Waals surface area (Å²) >= 11 is 1.56. The van der Waals surface area contributed by atoms with Crippen molar-refractivity contribution >= 4 is 16.5 Å². The highest BCUT2D eigenvalue weighted by Gasteiger charge is 2.19. The summed E-state index contributed by atoms with van der Waals surface area (Å²) in [5, 5.41) is 4.51. The molecule has 0 amide bonds. The van der Waals surface area contributed by atoms with Crippen molar-refractivity contribution < 1.29 is 9.26 Å². The van der Waals surface area contributed by atoms with E-state index in [1.807, 2.05) is 6.20 Å². The molecule has 0 radical (unpaired) electrons. The van der Waals surface area contributed by atoms with Crippen LogP contribution in [0.4, 0.5) is 5.13 Å². The normalized spacial score (nSPS) is 17.1. The maximum absolute atomic E-state index is 5.66. The second-order valence-corrected chi connectivity index (χ2v) is 6.40. The molecule has 0 aliphatic carbocycles. The Kier molecular flexibility index (Phi) is 4.98. The third-order valence-electron chi connectivity index (χ3n) is 3.56. The average molecular weight is 324 g/mol. The van der Waals surface area contributed by atoms with Gasteiger partial charge in [0.05, 0.1) is 6.54 Å². The quantitative estimate of drug-likeness (QED) is 0.824. The number of thiazole rings is 1. The molecule has 0 spiro atoms. The van der Waals surface area contributed by atoms with Crippen molar-refractivity contribution in [3.63, 3.8) is 0 Å². The zero-order chi connectivity index (χ0) is 15.4. The van der Waals surface area contributed by atoms with Gasteiger partial charge in [-0.2, -0.15) is 4.98 Å². The van der Waals surface area contributed by atoms with Crippen LogP contribution in [-0.2, 0) is 24.4 Å². The summed E-state index contributed by atoms with van der Waals surface area (Å²) in [4.78, 5) is 14.3. The number of anilines is 1. The lowest BCUT2D eigenvalue weighted by atomic mass is 10.3. The molecule has 1 saturated heterocycles. The van der Waals surface area contributed by atoms with Crippen molar-refractivity contribution in [2.75, 3.05) is 39.0 Å². The van der Waals surface area contributed by atoms with Gasteiger partial charge in [-0.3, -0.25) is 9.80 Å². The van der Waals surface area contributed by atoms with E-state index in [0.29, 0.717) is 30.0 Å². The van der Waals surface area contributed by atoms with E-state index in [9.17, 15) is 0 Å². The number of rotatable bonds is 6. The van der Waals surface area contributed by atoms with Crippen molar-refractivity contribution in [3.05, 3.63) is 22.8 Å². The summed E-state index contributed by atoms with van der Waals surface area (Å²) in [6.07, 6.45) is 1.86. The number of nitrogens with zero attached hydrogens (tertiary/aromatic N) is 5. The predicted molar refractivity (Wildman–Crippen MR) is 82.1 cm³/mol. The number of hydrogen-bond acceptors (Lipinski definition) is 9. The van der Waals surface area contributed by atoms with Gasteiger partial charge in [0.25, 0.3) is 0 Å². The first kappa shape index (κ1) is 15.3. The van der Waals surface area contributed by atoms with Crippen molar-refractivity contribution in [2.24, 2.45) is 0 Å². The van der Waals surface area contributed by atoms with Crippen LogP contribution in [0.5, 0.6) is 0 Å². The summed E-state index contributed by atoms with van der Waals surface area (Å²) in [7, 11) is 1.62. The topological polar surface area (TPSA) is 93.5 Å². The zero-order valence-electron chi connectivity index (χ0n) is 12.6. The van der Waals surface area contributed by atoms with Crippen LogP contribution in [0.1, 0.15) is 16.6 Å². The van der Waals surface area contributed by atoms with Gasteiger partial charge in [0.2, 0.25) is 5.89 Å². The van der Waals surface area contributed by atoms with Crippen molar-refractivity contribution in [2.45, 2.75) is 19.7 Å². The lowest BCUT2D eigenvalue weighted by Gasteiger charge is -2.33. The maximum atomic E-state index is 5.66. The van der Waals surface area contributed by atoms with Gasteiger partial charge < -0.3 is 15.0 Å².